The number of nitrogens with zero attached hydrogens (tertiary/aromatic N) is 1. The molecule has 0 aliphatic heterocycles. The van der Waals surface area contributed by atoms with Crippen LogP contribution in [0.4, 0.5) is 0 Å². The van der Waals surface area contributed by atoms with Crippen molar-refractivity contribution in [2.75, 3.05) is 7.11 Å². The number of hydrogen-bond donors (Lipinski definition) is 1. The lowest BCUT2D eigenvalue weighted by atomic mass is 10.1. The van der Waals surface area contributed by atoms with Gasteiger partial charge in [-0.25, -0.2) is 0 Å². The van der Waals surface area contributed by atoms with Gasteiger partial charge in [0.15, 0.2) is 0 Å². The molecule has 118 valence electrons. The maximum absolute atomic E-state index is 5.51. The fraction of sp³-hybridized carbons (Fsp3) is 0.300. The van der Waals surface area contributed by atoms with E-state index in [1.807, 2.05) is 18.3 Å². The van der Waals surface area contributed by atoms with Crippen molar-refractivity contribution in [2.24, 2.45) is 0 Å². The molecule has 0 saturated heterocycles. The molecule has 1 saturated carbocycles. The molecular formula is C20H22N2O. The first-order valence-corrected chi connectivity index (χ1v) is 8.25. The fourth-order valence-corrected chi connectivity index (χ4v) is 3.24. The van der Waals surface area contributed by atoms with Gasteiger partial charge in [-0.15, -0.1) is 0 Å². The van der Waals surface area contributed by atoms with Gasteiger partial charge in [0.2, 0.25) is 0 Å². The van der Waals surface area contributed by atoms with E-state index < -0.39 is 0 Å². The first-order chi connectivity index (χ1) is 11.3. The minimum absolute atomic E-state index is 0.710. The van der Waals surface area contributed by atoms with E-state index in [1.54, 1.807) is 7.11 Å². The molecule has 1 N–H and O–H groups in total. The minimum atomic E-state index is 0.710. The van der Waals surface area contributed by atoms with E-state index in [-0.39, 0.29) is 0 Å². The summed E-state index contributed by atoms with van der Waals surface area (Å²) < 4.78 is 5.51. The Labute approximate surface area is 136 Å². The number of aromatic amines is 1. The molecule has 3 heteroatoms. The van der Waals surface area contributed by atoms with Crippen molar-refractivity contribution in [3.05, 3.63) is 65.9 Å². The van der Waals surface area contributed by atoms with E-state index >= 15 is 0 Å². The summed E-state index contributed by atoms with van der Waals surface area (Å²) in [7, 11) is 1.75. The molecule has 1 heterocycles. The van der Waals surface area contributed by atoms with Crippen molar-refractivity contribution in [3.8, 4) is 5.75 Å². The Hall–Kier alpha value is -2.26. The quantitative estimate of drug-likeness (QED) is 0.733. The summed E-state index contributed by atoms with van der Waals surface area (Å²) in [5, 5.41) is 1.29. The van der Waals surface area contributed by atoms with Crippen LogP contribution in [0.25, 0.3) is 10.9 Å². The molecule has 0 unspecified atom stereocenters. The summed E-state index contributed by atoms with van der Waals surface area (Å²) in [6.07, 6.45) is 4.62. The van der Waals surface area contributed by atoms with Gasteiger partial charge >= 0.3 is 0 Å². The van der Waals surface area contributed by atoms with Gasteiger partial charge in [0, 0.05) is 36.4 Å². The Bertz CT molecular complexity index is 804. The molecule has 4 rings (SSSR count). The molecule has 1 aromatic heterocycles. The Kier molecular flexibility index (Phi) is 3.80. The van der Waals surface area contributed by atoms with Crippen LogP contribution < -0.4 is 4.74 Å². The van der Waals surface area contributed by atoms with Crippen LogP contribution in [0.1, 0.15) is 24.0 Å². The van der Waals surface area contributed by atoms with Crippen LogP contribution in [0.15, 0.2) is 54.7 Å². The molecule has 3 aromatic rings. The molecule has 23 heavy (non-hydrogen) atoms. The zero-order valence-electron chi connectivity index (χ0n) is 13.5. The number of benzene rings is 2. The lowest BCUT2D eigenvalue weighted by molar-refractivity contribution is 0.242. The molecule has 1 aliphatic carbocycles. The summed E-state index contributed by atoms with van der Waals surface area (Å²) in [6, 6.07) is 17.9. The van der Waals surface area contributed by atoms with E-state index in [2.05, 4.69) is 46.3 Å². The predicted octanol–water partition coefficient (Wildman–Crippen LogP) is 4.34. The first-order valence-electron chi connectivity index (χ1n) is 8.25. The number of fused-ring (bicyclic) bond motifs is 1. The first kappa shape index (κ1) is 14.3. The lowest BCUT2D eigenvalue weighted by Gasteiger charge is -2.23. The molecule has 3 nitrogen and oxygen atoms in total. The number of rotatable bonds is 6. The predicted molar refractivity (Wildman–Crippen MR) is 93.6 cm³/mol. The van der Waals surface area contributed by atoms with Crippen LogP contribution in [-0.4, -0.2) is 23.0 Å². The van der Waals surface area contributed by atoms with Crippen molar-refractivity contribution < 1.29 is 4.74 Å². The van der Waals surface area contributed by atoms with Crippen LogP contribution in [0, 0.1) is 0 Å². The number of ether oxygens (including phenoxy) is 1. The van der Waals surface area contributed by atoms with Crippen molar-refractivity contribution in [3.63, 3.8) is 0 Å². The van der Waals surface area contributed by atoms with Gasteiger partial charge in [0.25, 0.3) is 0 Å². The van der Waals surface area contributed by atoms with Crippen molar-refractivity contribution in [2.45, 2.75) is 32.0 Å². The number of hydrogen-bond acceptors (Lipinski definition) is 2. The van der Waals surface area contributed by atoms with Crippen LogP contribution in [-0.2, 0) is 13.1 Å². The van der Waals surface area contributed by atoms with E-state index in [0.717, 1.165) is 18.8 Å². The van der Waals surface area contributed by atoms with E-state index in [9.17, 15) is 0 Å². The third-order valence-corrected chi connectivity index (χ3v) is 4.63. The maximum atomic E-state index is 5.51. The van der Waals surface area contributed by atoms with Crippen molar-refractivity contribution in [1.29, 1.82) is 0 Å². The highest BCUT2D eigenvalue weighted by molar-refractivity contribution is 5.79. The van der Waals surface area contributed by atoms with Gasteiger partial charge in [-0.3, -0.25) is 4.90 Å². The maximum Gasteiger partial charge on any atom is 0.123 e. The van der Waals surface area contributed by atoms with Crippen molar-refractivity contribution >= 4 is 10.9 Å². The normalized spacial score (nSPS) is 14.5. The molecule has 0 radical (unpaired) electrons. The molecule has 0 spiro atoms. The second-order valence-electron chi connectivity index (χ2n) is 6.35. The molecule has 1 aliphatic rings. The van der Waals surface area contributed by atoms with E-state index in [1.165, 1.54) is 34.9 Å². The van der Waals surface area contributed by atoms with Crippen molar-refractivity contribution in [1.82, 2.24) is 9.88 Å². The summed E-state index contributed by atoms with van der Waals surface area (Å²) in [4.78, 5) is 5.84. The fourth-order valence-electron chi connectivity index (χ4n) is 3.24. The average molecular weight is 306 g/mol. The van der Waals surface area contributed by atoms with Crippen LogP contribution in [0.2, 0.25) is 0 Å². The molecule has 0 bridgehead atoms. The highest BCUT2D eigenvalue weighted by atomic mass is 16.5. The Morgan fingerprint density at radius 1 is 1.09 bits per heavy atom. The van der Waals surface area contributed by atoms with Crippen LogP contribution in [0.5, 0.6) is 5.75 Å². The average Bonchev–Trinajstić information content (AvgIpc) is 3.33. The third kappa shape index (κ3) is 3.10. The number of aromatic nitrogens is 1. The zero-order valence-corrected chi connectivity index (χ0v) is 13.5. The SMILES string of the molecule is COc1ccccc1CN(Cc1ccc2[nH]ccc2c1)C1CC1. The van der Waals surface area contributed by atoms with Gasteiger partial charge in [-0.2, -0.15) is 0 Å². The molecule has 1 fully saturated rings. The van der Waals surface area contributed by atoms with Gasteiger partial charge in [0.1, 0.15) is 5.75 Å². The molecular weight excluding hydrogens is 284 g/mol. The zero-order chi connectivity index (χ0) is 15.6. The van der Waals surface area contributed by atoms with E-state index in [4.69, 9.17) is 4.74 Å². The molecule has 2 aromatic carbocycles. The third-order valence-electron chi connectivity index (χ3n) is 4.63. The molecule has 0 amide bonds. The summed E-state index contributed by atoms with van der Waals surface area (Å²) in [5.74, 6) is 0.985. The standard InChI is InChI=1S/C20H22N2O/c1-23-20-5-3-2-4-17(20)14-22(18-7-8-18)13-15-6-9-19-16(12-15)10-11-21-19/h2-6,9-12,18,21H,7-8,13-14H2,1H3. The number of H-pyrrole nitrogens is 1. The Morgan fingerprint density at radius 3 is 2.78 bits per heavy atom. The van der Waals surface area contributed by atoms with Crippen LogP contribution >= 0.6 is 0 Å². The summed E-state index contributed by atoms with van der Waals surface area (Å²) >= 11 is 0. The Morgan fingerprint density at radius 2 is 1.96 bits per heavy atom. The van der Waals surface area contributed by atoms with Gasteiger partial charge in [-0.1, -0.05) is 24.3 Å². The summed E-state index contributed by atoms with van der Waals surface area (Å²) in [5.41, 5.74) is 3.85. The topological polar surface area (TPSA) is 28.3 Å². The monoisotopic (exact) mass is 306 g/mol. The van der Waals surface area contributed by atoms with Gasteiger partial charge in [0.05, 0.1) is 7.11 Å². The summed E-state index contributed by atoms with van der Waals surface area (Å²) in [6.45, 7) is 1.93. The Balaban J connectivity index is 1.56. The highest BCUT2D eigenvalue weighted by Gasteiger charge is 2.29. The second-order valence-corrected chi connectivity index (χ2v) is 6.35. The molecule has 0 atom stereocenters. The smallest absolute Gasteiger partial charge is 0.123 e. The second kappa shape index (κ2) is 6.09. The number of nitrogens with one attached hydrogen (secondary N) is 1. The number of para-hydroxylation sites is 1. The largest absolute Gasteiger partial charge is 0.496 e. The minimum Gasteiger partial charge on any atom is -0.496 e. The lowest BCUT2D eigenvalue weighted by Crippen LogP contribution is -2.25. The highest BCUT2D eigenvalue weighted by Crippen LogP contribution is 2.32. The van der Waals surface area contributed by atoms with E-state index in [0.29, 0.717) is 6.04 Å². The van der Waals surface area contributed by atoms with Crippen LogP contribution in [0.3, 0.4) is 0 Å². The number of methoxy groups -OCH3 is 1. The van der Waals surface area contributed by atoms with Gasteiger partial charge in [-0.05, 0) is 48.1 Å². The van der Waals surface area contributed by atoms with Gasteiger partial charge < -0.3 is 9.72 Å².